The summed E-state index contributed by atoms with van der Waals surface area (Å²) in [6.07, 6.45) is 0.523. The van der Waals surface area contributed by atoms with E-state index < -0.39 is 17.0 Å². The van der Waals surface area contributed by atoms with Crippen molar-refractivity contribution in [3.05, 3.63) is 0 Å². The second kappa shape index (κ2) is 5.46. The van der Waals surface area contributed by atoms with E-state index in [1.807, 2.05) is 27.7 Å². The fraction of sp³-hybridized carbons (Fsp3) is 0.846. The van der Waals surface area contributed by atoms with Crippen LogP contribution in [0.2, 0.25) is 0 Å². The molecule has 0 saturated carbocycles. The Morgan fingerprint density at radius 2 is 1.84 bits per heavy atom. The summed E-state index contributed by atoms with van der Waals surface area (Å²) in [6.45, 7) is 7.96. The number of aliphatic carboxylic acids is 1. The topological polar surface area (TPSA) is 89.5 Å². The third kappa shape index (κ3) is 3.67. The highest BCUT2D eigenvalue weighted by Crippen LogP contribution is 2.43. The molecule has 0 bridgehead atoms. The van der Waals surface area contributed by atoms with Gasteiger partial charge in [0.25, 0.3) is 0 Å². The summed E-state index contributed by atoms with van der Waals surface area (Å²) in [7, 11) is 0. The number of hydrogen-bond donors (Lipinski definition) is 2. The monoisotopic (exact) mass is 271 g/mol. The number of nitrogens with zero attached hydrogens (tertiary/aromatic N) is 1. The normalized spacial score (nSPS) is 25.2. The number of nitrogens with one attached hydrogen (secondary N) is 1. The van der Waals surface area contributed by atoms with E-state index in [1.54, 1.807) is 0 Å². The van der Waals surface area contributed by atoms with Crippen molar-refractivity contribution in [1.82, 2.24) is 10.4 Å². The van der Waals surface area contributed by atoms with Crippen LogP contribution in [0.15, 0.2) is 0 Å². The average Bonchev–Trinajstić information content (AvgIpc) is 2.44. The van der Waals surface area contributed by atoms with Crippen molar-refractivity contribution in [2.45, 2.75) is 58.0 Å². The van der Waals surface area contributed by atoms with E-state index >= 15 is 0 Å². The van der Waals surface area contributed by atoms with Crippen LogP contribution in [0, 0.1) is 5.92 Å². The summed E-state index contributed by atoms with van der Waals surface area (Å²) < 4.78 is 0. The third-order valence-electron chi connectivity index (χ3n) is 3.93. The molecule has 1 rings (SSSR count). The Labute approximate surface area is 113 Å². The molecule has 1 amide bonds. The van der Waals surface area contributed by atoms with Gasteiger partial charge in [0.15, 0.2) is 0 Å². The molecule has 0 aromatic carbocycles. The molecule has 1 heterocycles. The summed E-state index contributed by atoms with van der Waals surface area (Å²) in [5.41, 5.74) is -0.955. The number of carboxylic acids is 1. The van der Waals surface area contributed by atoms with Gasteiger partial charge >= 0.3 is 5.97 Å². The van der Waals surface area contributed by atoms with Gasteiger partial charge in [0.1, 0.15) is 0 Å². The number of carbonyl (C=O) groups excluding carboxylic acids is 1. The quantitative estimate of drug-likeness (QED) is 0.786. The summed E-state index contributed by atoms with van der Waals surface area (Å²) in [5.74, 6) is -1.20. The Morgan fingerprint density at radius 1 is 1.26 bits per heavy atom. The molecule has 1 saturated heterocycles. The van der Waals surface area contributed by atoms with Crippen molar-refractivity contribution < 1.29 is 19.9 Å². The first-order valence-corrected chi connectivity index (χ1v) is 6.53. The maximum absolute atomic E-state index is 12.1. The van der Waals surface area contributed by atoms with Crippen LogP contribution in [0.4, 0.5) is 0 Å². The molecule has 1 radical (unpaired) electrons. The van der Waals surface area contributed by atoms with Crippen molar-refractivity contribution >= 4 is 11.9 Å². The molecule has 6 nitrogen and oxygen atoms in total. The molecule has 1 fully saturated rings. The highest BCUT2D eigenvalue weighted by atomic mass is 16.5. The smallest absolute Gasteiger partial charge is 0.303 e. The lowest BCUT2D eigenvalue weighted by Crippen LogP contribution is -2.48. The van der Waals surface area contributed by atoms with E-state index in [4.69, 9.17) is 5.11 Å². The molecule has 0 aliphatic carbocycles. The molecule has 109 valence electrons. The molecule has 1 aliphatic rings. The van der Waals surface area contributed by atoms with Crippen LogP contribution in [0.25, 0.3) is 0 Å². The highest BCUT2D eigenvalue weighted by molar-refractivity contribution is 5.80. The lowest BCUT2D eigenvalue weighted by molar-refractivity contribution is -0.248. The van der Waals surface area contributed by atoms with Gasteiger partial charge in [-0.15, -0.1) is 10.3 Å². The molecule has 1 atom stereocenters. The fourth-order valence-corrected chi connectivity index (χ4v) is 2.75. The minimum atomic E-state index is -0.983. The molecule has 19 heavy (non-hydrogen) atoms. The molecule has 6 heteroatoms. The van der Waals surface area contributed by atoms with E-state index in [1.165, 1.54) is 0 Å². The molecule has 1 unspecified atom stereocenters. The van der Waals surface area contributed by atoms with Crippen molar-refractivity contribution in [2.24, 2.45) is 5.92 Å². The van der Waals surface area contributed by atoms with Crippen LogP contribution in [0.3, 0.4) is 0 Å². The Bertz CT molecular complexity index is 366. The van der Waals surface area contributed by atoms with Crippen molar-refractivity contribution in [3.63, 3.8) is 0 Å². The lowest BCUT2D eigenvalue weighted by atomic mass is 9.87. The minimum Gasteiger partial charge on any atom is -0.481 e. The first-order chi connectivity index (χ1) is 8.57. The predicted octanol–water partition coefficient (Wildman–Crippen LogP) is 1.19. The molecule has 1 aliphatic heterocycles. The Morgan fingerprint density at radius 3 is 2.26 bits per heavy atom. The standard InChI is InChI=1S/C13H23N2O4/c1-12(2)7-9(13(3,4)15(12)19)8-14-10(16)5-6-11(17)18/h9H,5-8H2,1-4H3,(H,14,16)(H,17,18). The van der Waals surface area contributed by atoms with Crippen molar-refractivity contribution in [2.75, 3.05) is 6.54 Å². The zero-order chi connectivity index (χ0) is 14.8. The van der Waals surface area contributed by atoms with Gasteiger partial charge in [-0.05, 0) is 40.0 Å². The Balaban J connectivity index is 2.50. The number of hydrogen-bond acceptors (Lipinski definition) is 3. The summed E-state index contributed by atoms with van der Waals surface area (Å²) in [6, 6.07) is 0. The molecule has 0 aromatic rings. The second-order valence-corrected chi connectivity index (χ2v) is 6.36. The van der Waals surface area contributed by atoms with Crippen LogP contribution in [0.1, 0.15) is 47.0 Å². The maximum atomic E-state index is 12.1. The number of amides is 1. The van der Waals surface area contributed by atoms with Gasteiger partial charge in [0, 0.05) is 24.0 Å². The van der Waals surface area contributed by atoms with Crippen LogP contribution >= 0.6 is 0 Å². The van der Waals surface area contributed by atoms with Crippen LogP contribution < -0.4 is 5.32 Å². The number of rotatable bonds is 5. The largest absolute Gasteiger partial charge is 0.481 e. The minimum absolute atomic E-state index is 0.0209. The Kier molecular flexibility index (Phi) is 4.58. The summed E-state index contributed by atoms with van der Waals surface area (Å²) >= 11 is 0. The molecule has 2 N–H and O–H groups in total. The van der Waals surface area contributed by atoms with Gasteiger partial charge in [-0.2, -0.15) is 0 Å². The van der Waals surface area contributed by atoms with Crippen LogP contribution in [-0.2, 0) is 14.8 Å². The van der Waals surface area contributed by atoms with Gasteiger partial charge in [0.2, 0.25) is 5.91 Å². The van der Waals surface area contributed by atoms with Crippen LogP contribution in [-0.4, -0.2) is 39.7 Å². The molecule has 0 aromatic heterocycles. The van der Waals surface area contributed by atoms with E-state index in [0.29, 0.717) is 13.0 Å². The van der Waals surface area contributed by atoms with Gasteiger partial charge in [0.05, 0.1) is 6.42 Å². The van der Waals surface area contributed by atoms with E-state index in [-0.39, 0.29) is 24.7 Å². The van der Waals surface area contributed by atoms with Gasteiger partial charge in [-0.3, -0.25) is 9.59 Å². The summed E-state index contributed by atoms with van der Waals surface area (Å²) in [4.78, 5) is 21.9. The Hall–Kier alpha value is -1.14. The van der Waals surface area contributed by atoms with Crippen molar-refractivity contribution in [1.29, 1.82) is 0 Å². The number of carboxylic acid groups (broad SMARTS) is 1. The zero-order valence-electron chi connectivity index (χ0n) is 12.0. The molecular formula is C13H23N2O4. The molecular weight excluding hydrogens is 248 g/mol. The van der Waals surface area contributed by atoms with Gasteiger partial charge in [-0.25, -0.2) is 0 Å². The van der Waals surface area contributed by atoms with E-state index in [9.17, 15) is 14.8 Å². The fourth-order valence-electron chi connectivity index (χ4n) is 2.75. The maximum Gasteiger partial charge on any atom is 0.303 e. The van der Waals surface area contributed by atoms with Crippen molar-refractivity contribution in [3.8, 4) is 0 Å². The van der Waals surface area contributed by atoms with E-state index in [0.717, 1.165) is 5.06 Å². The average molecular weight is 271 g/mol. The second-order valence-electron chi connectivity index (χ2n) is 6.36. The summed E-state index contributed by atoms with van der Waals surface area (Å²) in [5, 5.41) is 24.5. The first-order valence-electron chi connectivity index (χ1n) is 6.53. The number of carbonyl (C=O) groups is 2. The molecule has 0 spiro atoms. The first kappa shape index (κ1) is 15.9. The number of hydroxylamine groups is 2. The van der Waals surface area contributed by atoms with Gasteiger partial charge in [-0.1, -0.05) is 0 Å². The van der Waals surface area contributed by atoms with Crippen LogP contribution in [0.5, 0.6) is 0 Å². The highest BCUT2D eigenvalue weighted by Gasteiger charge is 2.52. The lowest BCUT2D eigenvalue weighted by Gasteiger charge is -2.33. The predicted molar refractivity (Wildman–Crippen MR) is 68.7 cm³/mol. The third-order valence-corrected chi connectivity index (χ3v) is 3.93. The van der Waals surface area contributed by atoms with Gasteiger partial charge < -0.3 is 10.4 Å². The SMILES string of the molecule is CC1(C)CC(CNC(=O)CCC(=O)O)C(C)(C)N1[O]. The zero-order valence-corrected chi connectivity index (χ0v) is 12.0. The van der Waals surface area contributed by atoms with E-state index in [2.05, 4.69) is 5.32 Å².